The van der Waals surface area contributed by atoms with Crippen LogP contribution in [0.5, 0.6) is 0 Å². The van der Waals surface area contributed by atoms with Crippen molar-refractivity contribution in [2.75, 3.05) is 24.3 Å². The zero-order valence-corrected chi connectivity index (χ0v) is 10.6. The molecule has 94 valence electrons. The fraction of sp³-hybridized carbons (Fsp3) is 0.231. The van der Waals surface area contributed by atoms with Crippen LogP contribution in [0.2, 0.25) is 0 Å². The Kier molecular flexibility index (Phi) is 3.41. The first-order chi connectivity index (χ1) is 8.56. The highest BCUT2D eigenvalue weighted by atomic mass is 19.1. The minimum atomic E-state index is -0.549. The lowest BCUT2D eigenvalue weighted by Gasteiger charge is -2.17. The lowest BCUT2D eigenvalue weighted by molar-refractivity contribution is 0.580. The normalized spacial score (nSPS) is 10.2. The van der Waals surface area contributed by atoms with E-state index in [1.54, 1.807) is 0 Å². The van der Waals surface area contributed by atoms with Crippen LogP contribution in [-0.4, -0.2) is 24.1 Å². The first-order valence-electron chi connectivity index (χ1n) is 5.59. The summed E-state index contributed by atoms with van der Waals surface area (Å²) in [5.41, 5.74) is 3.15. The van der Waals surface area contributed by atoms with E-state index in [0.717, 1.165) is 11.4 Å². The molecule has 2 aromatic rings. The lowest BCUT2D eigenvalue weighted by Crippen LogP contribution is -2.10. The largest absolute Gasteiger partial charge is 0.377 e. The second kappa shape index (κ2) is 5.00. The highest BCUT2D eigenvalue weighted by molar-refractivity contribution is 5.65. The van der Waals surface area contributed by atoms with Crippen LogP contribution in [0.1, 0.15) is 5.56 Å². The maximum absolute atomic E-state index is 12.9. The van der Waals surface area contributed by atoms with E-state index in [4.69, 9.17) is 0 Å². The number of hydrogen-bond donors (Lipinski definition) is 1. The molecule has 0 bridgehead atoms. The molecular formula is C13H15FN4. The van der Waals surface area contributed by atoms with Crippen LogP contribution in [0.3, 0.4) is 0 Å². The monoisotopic (exact) mass is 246 g/mol. The average Bonchev–Trinajstić information content (AvgIpc) is 2.31. The van der Waals surface area contributed by atoms with Gasteiger partial charge in [-0.05, 0) is 24.6 Å². The number of anilines is 3. The van der Waals surface area contributed by atoms with Gasteiger partial charge in [0, 0.05) is 31.5 Å². The second-order valence-corrected chi connectivity index (χ2v) is 4.25. The number of hydrogen-bond acceptors (Lipinski definition) is 4. The fourth-order valence-corrected chi connectivity index (χ4v) is 1.72. The van der Waals surface area contributed by atoms with Crippen LogP contribution in [0, 0.1) is 12.9 Å². The highest BCUT2D eigenvalue weighted by Gasteiger charge is 2.04. The minimum absolute atomic E-state index is 0.441. The van der Waals surface area contributed by atoms with E-state index < -0.39 is 5.95 Å². The smallest absolute Gasteiger partial charge is 0.218 e. The van der Waals surface area contributed by atoms with Crippen LogP contribution in [0.25, 0.3) is 0 Å². The van der Waals surface area contributed by atoms with E-state index in [2.05, 4.69) is 15.3 Å². The highest BCUT2D eigenvalue weighted by Crippen LogP contribution is 2.24. The number of aromatic nitrogens is 2. The van der Waals surface area contributed by atoms with Crippen molar-refractivity contribution in [3.8, 4) is 0 Å². The first-order valence-corrected chi connectivity index (χ1v) is 5.59. The van der Waals surface area contributed by atoms with Crippen LogP contribution >= 0.6 is 0 Å². The summed E-state index contributed by atoms with van der Waals surface area (Å²) < 4.78 is 12.9. The van der Waals surface area contributed by atoms with E-state index >= 15 is 0 Å². The summed E-state index contributed by atoms with van der Waals surface area (Å²) in [4.78, 5) is 9.40. The Morgan fingerprint density at radius 2 is 1.94 bits per heavy atom. The van der Waals surface area contributed by atoms with Crippen LogP contribution in [0.4, 0.5) is 21.6 Å². The van der Waals surface area contributed by atoms with E-state index in [0.29, 0.717) is 5.82 Å². The van der Waals surface area contributed by atoms with Gasteiger partial charge in [0.2, 0.25) is 5.95 Å². The molecule has 0 aliphatic carbocycles. The van der Waals surface area contributed by atoms with Crippen molar-refractivity contribution in [3.63, 3.8) is 0 Å². The molecule has 0 aliphatic heterocycles. The van der Waals surface area contributed by atoms with E-state index in [1.165, 1.54) is 18.0 Å². The molecule has 1 heterocycles. The van der Waals surface area contributed by atoms with E-state index in [1.807, 2.05) is 44.1 Å². The van der Waals surface area contributed by atoms with Crippen LogP contribution < -0.4 is 10.2 Å². The molecule has 0 aliphatic rings. The van der Waals surface area contributed by atoms with Gasteiger partial charge in [0.25, 0.3) is 0 Å². The van der Waals surface area contributed by atoms with Gasteiger partial charge in [0.05, 0.1) is 0 Å². The van der Waals surface area contributed by atoms with E-state index in [9.17, 15) is 4.39 Å². The van der Waals surface area contributed by atoms with Crippen molar-refractivity contribution in [2.45, 2.75) is 6.92 Å². The molecule has 0 amide bonds. The van der Waals surface area contributed by atoms with Crippen molar-refractivity contribution < 1.29 is 4.39 Å². The number of halogens is 1. The molecule has 0 saturated carbocycles. The first kappa shape index (κ1) is 12.3. The fourth-order valence-electron chi connectivity index (χ4n) is 1.72. The van der Waals surface area contributed by atoms with Gasteiger partial charge in [0.15, 0.2) is 0 Å². The number of rotatable bonds is 3. The summed E-state index contributed by atoms with van der Waals surface area (Å²) in [6.45, 7) is 2.05. The molecule has 1 N–H and O–H groups in total. The molecule has 4 nitrogen and oxygen atoms in total. The van der Waals surface area contributed by atoms with Gasteiger partial charge in [-0.25, -0.2) is 9.97 Å². The standard InChI is InChI=1S/C13H15FN4/c1-9-4-5-10(6-11(9)18(2)3)17-13-7-12(14)15-8-16-13/h4-8H,1-3H3,(H,15,16,17). The Labute approximate surface area is 105 Å². The van der Waals surface area contributed by atoms with Crippen LogP contribution in [-0.2, 0) is 0 Å². The molecule has 0 saturated heterocycles. The van der Waals surface area contributed by atoms with E-state index in [-0.39, 0.29) is 0 Å². The lowest BCUT2D eigenvalue weighted by atomic mass is 10.1. The molecule has 5 heteroatoms. The summed E-state index contributed by atoms with van der Waals surface area (Å²) in [5, 5.41) is 3.05. The maximum Gasteiger partial charge on any atom is 0.218 e. The second-order valence-electron chi connectivity index (χ2n) is 4.25. The topological polar surface area (TPSA) is 41.1 Å². The molecule has 0 unspecified atom stereocenters. The molecule has 0 fully saturated rings. The molecule has 18 heavy (non-hydrogen) atoms. The van der Waals surface area contributed by atoms with Gasteiger partial charge in [-0.2, -0.15) is 4.39 Å². The zero-order chi connectivity index (χ0) is 13.1. The van der Waals surface area contributed by atoms with Gasteiger partial charge in [-0.1, -0.05) is 6.07 Å². The van der Waals surface area contributed by atoms with Crippen LogP contribution in [0.15, 0.2) is 30.6 Å². The third-order valence-electron chi connectivity index (χ3n) is 2.60. The number of benzene rings is 1. The van der Waals surface area contributed by atoms with Crippen molar-refractivity contribution in [1.29, 1.82) is 0 Å². The Hall–Kier alpha value is -2.17. The third kappa shape index (κ3) is 2.74. The molecular weight excluding hydrogens is 231 g/mol. The van der Waals surface area contributed by atoms with Crippen molar-refractivity contribution in [1.82, 2.24) is 9.97 Å². The number of aryl methyl sites for hydroxylation is 1. The third-order valence-corrected chi connectivity index (χ3v) is 2.60. The Morgan fingerprint density at radius 3 is 2.61 bits per heavy atom. The summed E-state index contributed by atoms with van der Waals surface area (Å²) in [5.74, 6) is -0.108. The van der Waals surface area contributed by atoms with Gasteiger partial charge < -0.3 is 10.2 Å². The Balaban J connectivity index is 2.27. The quantitative estimate of drug-likeness (QED) is 0.845. The molecule has 0 radical (unpaired) electrons. The number of nitrogens with one attached hydrogen (secondary N) is 1. The predicted octanol–water partition coefficient (Wildman–Crippen LogP) is 2.73. The predicted molar refractivity (Wildman–Crippen MR) is 70.8 cm³/mol. The van der Waals surface area contributed by atoms with Crippen molar-refractivity contribution >= 4 is 17.2 Å². The minimum Gasteiger partial charge on any atom is -0.377 e. The maximum atomic E-state index is 12.9. The number of nitrogens with zero attached hydrogens (tertiary/aromatic N) is 3. The van der Waals surface area contributed by atoms with Gasteiger partial charge in [-0.15, -0.1) is 0 Å². The van der Waals surface area contributed by atoms with Crippen molar-refractivity contribution in [2.24, 2.45) is 0 Å². The van der Waals surface area contributed by atoms with Gasteiger partial charge in [-0.3, -0.25) is 0 Å². The summed E-state index contributed by atoms with van der Waals surface area (Å²) >= 11 is 0. The molecule has 2 rings (SSSR count). The molecule has 0 atom stereocenters. The van der Waals surface area contributed by atoms with Gasteiger partial charge >= 0.3 is 0 Å². The SMILES string of the molecule is Cc1ccc(Nc2cc(F)ncn2)cc1N(C)C. The zero-order valence-electron chi connectivity index (χ0n) is 10.6. The summed E-state index contributed by atoms with van der Waals surface area (Å²) in [7, 11) is 3.97. The average molecular weight is 246 g/mol. The Bertz CT molecular complexity index is 554. The molecule has 0 spiro atoms. The summed E-state index contributed by atoms with van der Waals surface area (Å²) in [6.07, 6.45) is 1.19. The Morgan fingerprint density at radius 1 is 1.17 bits per heavy atom. The summed E-state index contributed by atoms with van der Waals surface area (Å²) in [6, 6.07) is 7.20. The van der Waals surface area contributed by atoms with Gasteiger partial charge in [0.1, 0.15) is 12.1 Å². The van der Waals surface area contributed by atoms with Crippen molar-refractivity contribution in [3.05, 3.63) is 42.1 Å². The molecule has 1 aromatic heterocycles. The molecule has 1 aromatic carbocycles.